The van der Waals surface area contributed by atoms with E-state index in [4.69, 9.17) is 8.83 Å². The maximum Gasteiger partial charge on any atom is 0.184 e. The summed E-state index contributed by atoms with van der Waals surface area (Å²) in [6.07, 6.45) is 0. The van der Waals surface area contributed by atoms with Gasteiger partial charge in [0.1, 0.15) is 22.3 Å². The fourth-order valence-corrected chi connectivity index (χ4v) is 20.3. The van der Waals surface area contributed by atoms with E-state index in [-0.39, 0.29) is 0 Å². The average Bonchev–Trinajstić information content (AvgIpc) is 3.33. The smallest absolute Gasteiger partial charge is 0.184 e. The van der Waals surface area contributed by atoms with Gasteiger partial charge in [0.25, 0.3) is 0 Å². The largest absolute Gasteiger partial charge is 0.456 e. The van der Waals surface area contributed by atoms with E-state index in [0.717, 1.165) is 55.0 Å². The molecular weight excluding hydrogens is 761 g/mol. The molecule has 10 aromatic carbocycles. The van der Waals surface area contributed by atoms with Crippen LogP contribution in [0.4, 0.5) is 0 Å². The third-order valence-electron chi connectivity index (χ3n) is 12.9. The van der Waals surface area contributed by atoms with Gasteiger partial charge >= 0.3 is 0 Å². The fraction of sp³-hybridized carbons (Fsp3) is 0. The highest BCUT2D eigenvalue weighted by atomic mass is 28.3. The first-order valence-electron chi connectivity index (χ1n) is 20.7. The normalized spacial score (nSPS) is 12.3. The molecule has 60 heavy (non-hydrogen) atoms. The Kier molecular flexibility index (Phi) is 7.92. The fourth-order valence-electron chi connectivity index (χ4n) is 10.5. The summed E-state index contributed by atoms with van der Waals surface area (Å²) in [4.78, 5) is 0. The molecule has 0 atom stereocenters. The van der Waals surface area contributed by atoms with Crippen molar-refractivity contribution in [3.63, 3.8) is 0 Å². The topological polar surface area (TPSA) is 26.3 Å². The van der Waals surface area contributed by atoms with Crippen molar-refractivity contribution in [1.29, 1.82) is 0 Å². The van der Waals surface area contributed by atoms with Gasteiger partial charge in [-0.05, 0) is 64.4 Å². The van der Waals surface area contributed by atoms with E-state index in [1.807, 2.05) is 0 Å². The van der Waals surface area contributed by atoms with Crippen LogP contribution in [0.5, 0.6) is 0 Å². The Morgan fingerprint density at radius 2 is 0.533 bits per heavy atom. The minimum Gasteiger partial charge on any atom is -0.456 e. The van der Waals surface area contributed by atoms with Crippen LogP contribution < -0.4 is 41.5 Å². The molecule has 2 nitrogen and oxygen atoms in total. The molecule has 0 aromatic heterocycles. The third kappa shape index (κ3) is 4.86. The Morgan fingerprint density at radius 1 is 0.267 bits per heavy atom. The summed E-state index contributed by atoms with van der Waals surface area (Å²) >= 11 is 0. The van der Waals surface area contributed by atoms with E-state index in [2.05, 4.69) is 231 Å². The van der Waals surface area contributed by atoms with Crippen LogP contribution >= 0.6 is 0 Å². The summed E-state index contributed by atoms with van der Waals surface area (Å²) in [5.74, 6) is 0. The lowest BCUT2D eigenvalue weighted by Gasteiger charge is -2.37. The van der Waals surface area contributed by atoms with E-state index in [1.54, 1.807) is 0 Å². The molecule has 282 valence electrons. The molecule has 0 radical (unpaired) electrons. The highest BCUT2D eigenvalue weighted by molar-refractivity contribution is 7.21. The summed E-state index contributed by atoms with van der Waals surface area (Å²) in [7, 11) is -6.13. The molecule has 2 heterocycles. The molecule has 0 aliphatic carbocycles. The van der Waals surface area contributed by atoms with Gasteiger partial charge in [-0.25, -0.2) is 0 Å². The number of hydrogen-bond acceptors (Lipinski definition) is 2. The van der Waals surface area contributed by atoms with Crippen LogP contribution in [0.25, 0.3) is 55.0 Å². The van der Waals surface area contributed by atoms with Gasteiger partial charge < -0.3 is 8.83 Å². The standard InChI is InChI=1S/C56H38O2Si2/c1-7-23-41(24-8-1)59(42-25-9-2-10-26-42,43-27-11-3-12-28-43)49-37-39-21-19-36-48-51(39)53-54-52-40(22-20-35-47(52)57-55(49)53)38-50(56(54)58-48)60(44-29-13-4-14-30-44,45-31-15-5-16-32-45)46-33-17-6-18-34-46/h1-38H. The maximum atomic E-state index is 7.51. The monoisotopic (exact) mass is 798 g/mol. The quantitative estimate of drug-likeness (QED) is 0.0666. The van der Waals surface area contributed by atoms with Gasteiger partial charge in [0.15, 0.2) is 16.1 Å². The molecule has 12 rings (SSSR count). The maximum absolute atomic E-state index is 7.51. The number of benzene rings is 10. The van der Waals surface area contributed by atoms with Crippen molar-refractivity contribution in [2.75, 3.05) is 0 Å². The van der Waals surface area contributed by atoms with Gasteiger partial charge in [0.05, 0.1) is 0 Å². The highest BCUT2D eigenvalue weighted by Gasteiger charge is 2.47. The van der Waals surface area contributed by atoms with E-state index in [0.29, 0.717) is 0 Å². The second-order valence-electron chi connectivity index (χ2n) is 15.9. The summed E-state index contributed by atoms with van der Waals surface area (Å²) in [6, 6.07) is 84.9. The van der Waals surface area contributed by atoms with Crippen LogP contribution in [0.1, 0.15) is 0 Å². The van der Waals surface area contributed by atoms with Gasteiger partial charge in [0.2, 0.25) is 0 Å². The summed E-state index contributed by atoms with van der Waals surface area (Å²) in [6.45, 7) is 0. The van der Waals surface area contributed by atoms with Gasteiger partial charge in [-0.3, -0.25) is 0 Å². The van der Waals surface area contributed by atoms with Crippen LogP contribution in [0, 0.1) is 0 Å². The summed E-state index contributed by atoms with van der Waals surface area (Å²) in [5, 5.41) is 14.8. The molecule has 0 saturated carbocycles. The van der Waals surface area contributed by atoms with Gasteiger partial charge in [-0.15, -0.1) is 0 Å². The van der Waals surface area contributed by atoms with Crippen LogP contribution in [-0.2, 0) is 0 Å². The van der Waals surface area contributed by atoms with Crippen molar-refractivity contribution in [2.24, 2.45) is 0 Å². The zero-order valence-corrected chi connectivity index (χ0v) is 34.8. The Labute approximate surface area is 350 Å². The molecule has 0 bridgehead atoms. The van der Waals surface area contributed by atoms with Crippen molar-refractivity contribution in [3.8, 4) is 11.1 Å². The van der Waals surface area contributed by atoms with E-state index in [9.17, 15) is 0 Å². The highest BCUT2D eigenvalue weighted by Crippen LogP contribution is 2.48. The average molecular weight is 799 g/mol. The minimum atomic E-state index is -3.06. The second-order valence-corrected chi connectivity index (χ2v) is 23.4. The van der Waals surface area contributed by atoms with E-state index >= 15 is 0 Å². The minimum absolute atomic E-state index is 0.856. The molecule has 4 heteroatoms. The van der Waals surface area contributed by atoms with Crippen molar-refractivity contribution in [2.45, 2.75) is 0 Å². The molecule has 2 aliphatic heterocycles. The Hall–Kier alpha value is -7.25. The Morgan fingerprint density at radius 3 is 0.800 bits per heavy atom. The predicted molar refractivity (Wildman–Crippen MR) is 256 cm³/mol. The molecular formula is C56H38O2Si2. The Bertz CT molecular complexity index is 2970. The lowest BCUT2D eigenvalue weighted by atomic mass is 9.90. The first-order valence-corrected chi connectivity index (χ1v) is 24.7. The van der Waals surface area contributed by atoms with Crippen LogP contribution in [0.15, 0.2) is 239 Å². The lowest BCUT2D eigenvalue weighted by Crippen LogP contribution is -2.75. The van der Waals surface area contributed by atoms with Gasteiger partial charge in [0, 0.05) is 21.9 Å². The van der Waals surface area contributed by atoms with Crippen molar-refractivity contribution < 1.29 is 8.83 Å². The second kappa shape index (κ2) is 13.7. The van der Waals surface area contributed by atoms with Crippen molar-refractivity contribution in [3.05, 3.63) is 231 Å². The van der Waals surface area contributed by atoms with Gasteiger partial charge in [-0.2, -0.15) is 0 Å². The Balaban J connectivity index is 1.32. The van der Waals surface area contributed by atoms with Crippen molar-refractivity contribution >= 4 is 102 Å². The van der Waals surface area contributed by atoms with Crippen LogP contribution in [-0.4, -0.2) is 16.1 Å². The molecule has 10 aromatic rings. The van der Waals surface area contributed by atoms with Crippen LogP contribution in [0.2, 0.25) is 0 Å². The molecule has 0 spiro atoms. The van der Waals surface area contributed by atoms with Crippen molar-refractivity contribution in [1.82, 2.24) is 0 Å². The summed E-state index contributed by atoms with van der Waals surface area (Å²) < 4.78 is 15.0. The molecule has 0 unspecified atom stereocenters. The van der Waals surface area contributed by atoms with E-state index in [1.165, 1.54) is 41.5 Å². The number of rotatable bonds is 8. The lowest BCUT2D eigenvalue weighted by molar-refractivity contribution is 0.649. The molecule has 2 aliphatic rings. The van der Waals surface area contributed by atoms with Crippen LogP contribution in [0.3, 0.4) is 0 Å². The molecule has 0 saturated heterocycles. The van der Waals surface area contributed by atoms with Gasteiger partial charge in [-0.1, -0.05) is 218 Å². The molecule has 0 fully saturated rings. The molecule has 0 N–H and O–H groups in total. The first kappa shape index (κ1) is 34.8. The first-order chi connectivity index (χ1) is 29.8. The predicted octanol–water partition coefficient (Wildman–Crippen LogP) is 8.78. The van der Waals surface area contributed by atoms with E-state index < -0.39 is 16.1 Å². The number of hydrogen-bond donors (Lipinski definition) is 0. The SMILES string of the molecule is c1ccc([Si](c2ccccc2)(c2ccccc2)c2cc3cccc4oc5c([Si](c6ccccc6)(c6ccccc6)c6ccccc6)cc6cccc7oc2c(c34)-c5c67)cc1. The zero-order chi connectivity index (χ0) is 39.7. The summed E-state index contributed by atoms with van der Waals surface area (Å²) in [5.41, 5.74) is 5.81. The zero-order valence-electron chi connectivity index (χ0n) is 32.8. The molecule has 0 amide bonds. The third-order valence-corrected chi connectivity index (χ3v) is 22.4.